The van der Waals surface area contributed by atoms with E-state index in [9.17, 15) is 8.42 Å². The minimum atomic E-state index is -3.71. The van der Waals surface area contributed by atoms with Gasteiger partial charge < -0.3 is 4.74 Å². The molecule has 2 heterocycles. The van der Waals surface area contributed by atoms with E-state index in [1.165, 1.54) is 0 Å². The first-order chi connectivity index (χ1) is 16.0. The molecule has 0 unspecified atom stereocenters. The number of hydrogen-bond donors (Lipinski definition) is 1. The molecule has 34 heavy (non-hydrogen) atoms. The van der Waals surface area contributed by atoms with Crippen LogP contribution in [0.15, 0.2) is 53.4 Å². The summed E-state index contributed by atoms with van der Waals surface area (Å²) in [5.74, 6) is 2.06. The van der Waals surface area contributed by atoms with Crippen molar-refractivity contribution in [1.29, 1.82) is 0 Å². The van der Waals surface area contributed by atoms with Crippen molar-refractivity contribution in [2.75, 3.05) is 4.72 Å². The van der Waals surface area contributed by atoms with Gasteiger partial charge in [0.2, 0.25) is 5.88 Å². The highest BCUT2D eigenvalue weighted by atomic mass is 32.2. The molecule has 4 aromatic rings. The van der Waals surface area contributed by atoms with Crippen LogP contribution in [0.4, 0.5) is 5.69 Å². The van der Waals surface area contributed by atoms with Gasteiger partial charge in [-0.2, -0.15) is 10.1 Å². The first kappa shape index (κ1) is 23.4. The van der Waals surface area contributed by atoms with Gasteiger partial charge in [0.05, 0.1) is 10.6 Å². The predicted molar refractivity (Wildman–Crippen MR) is 131 cm³/mol. The van der Waals surface area contributed by atoms with Crippen LogP contribution in [0.3, 0.4) is 0 Å². The summed E-state index contributed by atoms with van der Waals surface area (Å²) >= 11 is 0. The Labute approximate surface area is 199 Å². The molecule has 1 N–H and O–H groups in total. The van der Waals surface area contributed by atoms with Crippen molar-refractivity contribution >= 4 is 15.7 Å². The standard InChI is InChI=1S/C25H27N5O3S/c1-15-7-8-16(2)23(13-15)34(31,32)29-21-9-11-22(12-10-21)33-25-14-24(26-20(6)27-25)30-19(5)17(3)18(4)28-30/h7-14,29H,1-6H3. The van der Waals surface area contributed by atoms with Gasteiger partial charge in [0.1, 0.15) is 11.6 Å². The van der Waals surface area contributed by atoms with E-state index in [2.05, 4.69) is 19.8 Å². The van der Waals surface area contributed by atoms with Gasteiger partial charge in [-0.1, -0.05) is 12.1 Å². The van der Waals surface area contributed by atoms with E-state index < -0.39 is 10.0 Å². The second-order valence-corrected chi connectivity index (χ2v) is 9.97. The Morgan fingerprint density at radius 2 is 1.59 bits per heavy atom. The molecule has 4 rings (SSSR count). The summed E-state index contributed by atoms with van der Waals surface area (Å²) in [4.78, 5) is 9.12. The van der Waals surface area contributed by atoms with Crippen molar-refractivity contribution in [2.24, 2.45) is 0 Å². The highest BCUT2D eigenvalue weighted by Crippen LogP contribution is 2.26. The number of nitrogens with zero attached hydrogens (tertiary/aromatic N) is 4. The molecule has 2 aromatic carbocycles. The van der Waals surface area contributed by atoms with Crippen LogP contribution in [0.1, 0.15) is 33.9 Å². The highest BCUT2D eigenvalue weighted by molar-refractivity contribution is 7.92. The zero-order valence-corrected chi connectivity index (χ0v) is 20.9. The smallest absolute Gasteiger partial charge is 0.262 e. The molecule has 0 saturated heterocycles. The Balaban J connectivity index is 1.55. The van der Waals surface area contributed by atoms with Crippen LogP contribution in [0.2, 0.25) is 0 Å². The number of hydrogen-bond acceptors (Lipinski definition) is 6. The summed E-state index contributed by atoms with van der Waals surface area (Å²) in [6.45, 7) is 11.4. The van der Waals surface area contributed by atoms with Gasteiger partial charge >= 0.3 is 0 Å². The number of aromatic nitrogens is 4. The molecular formula is C25H27N5O3S. The van der Waals surface area contributed by atoms with E-state index in [1.54, 1.807) is 61.0 Å². The van der Waals surface area contributed by atoms with Crippen molar-refractivity contribution in [3.05, 3.63) is 82.4 Å². The molecular weight excluding hydrogens is 450 g/mol. The highest BCUT2D eigenvalue weighted by Gasteiger charge is 2.17. The maximum absolute atomic E-state index is 12.8. The Morgan fingerprint density at radius 3 is 2.24 bits per heavy atom. The fourth-order valence-electron chi connectivity index (χ4n) is 3.55. The maximum Gasteiger partial charge on any atom is 0.262 e. The van der Waals surface area contributed by atoms with Crippen molar-refractivity contribution in [3.8, 4) is 17.4 Å². The lowest BCUT2D eigenvalue weighted by Gasteiger charge is -2.12. The minimum absolute atomic E-state index is 0.260. The molecule has 176 valence electrons. The summed E-state index contributed by atoms with van der Waals surface area (Å²) < 4.78 is 36.0. The van der Waals surface area contributed by atoms with Crippen LogP contribution in [0, 0.1) is 41.5 Å². The number of anilines is 1. The van der Waals surface area contributed by atoms with E-state index in [0.717, 1.165) is 22.5 Å². The van der Waals surface area contributed by atoms with E-state index >= 15 is 0 Å². The van der Waals surface area contributed by atoms with Crippen LogP contribution in [0.5, 0.6) is 11.6 Å². The lowest BCUT2D eigenvalue weighted by Crippen LogP contribution is -2.14. The average Bonchev–Trinajstić information content (AvgIpc) is 3.03. The van der Waals surface area contributed by atoms with Crippen LogP contribution in [-0.2, 0) is 10.0 Å². The van der Waals surface area contributed by atoms with Crippen molar-refractivity contribution in [3.63, 3.8) is 0 Å². The molecule has 0 aliphatic rings. The number of rotatable bonds is 6. The molecule has 0 radical (unpaired) electrons. The van der Waals surface area contributed by atoms with E-state index in [0.29, 0.717) is 34.5 Å². The topological polar surface area (TPSA) is 99.0 Å². The van der Waals surface area contributed by atoms with E-state index in [4.69, 9.17) is 4.74 Å². The minimum Gasteiger partial charge on any atom is -0.439 e. The molecule has 2 aromatic heterocycles. The molecule has 0 spiro atoms. The molecule has 0 bridgehead atoms. The SMILES string of the molecule is Cc1ccc(C)c(S(=O)(=O)Nc2ccc(Oc3cc(-n4nc(C)c(C)c4C)nc(C)n3)cc2)c1. The van der Waals surface area contributed by atoms with Gasteiger partial charge in [-0.3, -0.25) is 4.72 Å². The fourth-order valence-corrected chi connectivity index (χ4v) is 4.94. The van der Waals surface area contributed by atoms with Crippen LogP contribution < -0.4 is 9.46 Å². The van der Waals surface area contributed by atoms with E-state index in [-0.39, 0.29) is 4.90 Å². The van der Waals surface area contributed by atoms with Gasteiger partial charge in [-0.15, -0.1) is 0 Å². The fraction of sp³-hybridized carbons (Fsp3) is 0.240. The summed E-state index contributed by atoms with van der Waals surface area (Å²) in [5.41, 5.74) is 5.05. The van der Waals surface area contributed by atoms with Crippen molar-refractivity contribution < 1.29 is 13.2 Å². The van der Waals surface area contributed by atoms with Crippen molar-refractivity contribution in [2.45, 2.75) is 46.4 Å². The van der Waals surface area contributed by atoms with Gasteiger partial charge in [0, 0.05) is 17.4 Å². The monoisotopic (exact) mass is 477 g/mol. The molecule has 0 amide bonds. The quantitative estimate of drug-likeness (QED) is 0.414. The molecule has 0 saturated carbocycles. The van der Waals surface area contributed by atoms with Crippen LogP contribution in [-0.4, -0.2) is 28.2 Å². The number of sulfonamides is 1. The normalized spacial score (nSPS) is 11.5. The van der Waals surface area contributed by atoms with Gasteiger partial charge in [-0.25, -0.2) is 18.1 Å². The third-order valence-corrected chi connectivity index (χ3v) is 7.16. The van der Waals surface area contributed by atoms with E-state index in [1.807, 2.05) is 33.8 Å². The third-order valence-electron chi connectivity index (χ3n) is 5.63. The second kappa shape index (κ2) is 8.90. The second-order valence-electron chi connectivity index (χ2n) is 8.32. The zero-order chi connectivity index (χ0) is 24.6. The maximum atomic E-state index is 12.8. The Hall–Kier alpha value is -3.72. The Bertz CT molecular complexity index is 1480. The Kier molecular flexibility index (Phi) is 6.14. The molecule has 9 heteroatoms. The Morgan fingerprint density at radius 1 is 0.882 bits per heavy atom. The summed E-state index contributed by atoms with van der Waals surface area (Å²) in [6, 6.07) is 13.7. The first-order valence-electron chi connectivity index (χ1n) is 10.8. The zero-order valence-electron chi connectivity index (χ0n) is 20.0. The summed E-state index contributed by atoms with van der Waals surface area (Å²) in [5, 5.41) is 4.56. The lowest BCUT2D eigenvalue weighted by molar-refractivity contribution is 0.459. The molecule has 0 fully saturated rings. The summed E-state index contributed by atoms with van der Waals surface area (Å²) in [6.07, 6.45) is 0. The molecule has 0 aliphatic carbocycles. The largest absolute Gasteiger partial charge is 0.439 e. The first-order valence-corrected chi connectivity index (χ1v) is 12.3. The predicted octanol–water partition coefficient (Wildman–Crippen LogP) is 5.11. The number of nitrogens with one attached hydrogen (secondary N) is 1. The number of ether oxygens (including phenoxy) is 1. The van der Waals surface area contributed by atoms with Crippen molar-refractivity contribution in [1.82, 2.24) is 19.7 Å². The number of benzene rings is 2. The number of aryl methyl sites for hydroxylation is 4. The molecule has 0 aliphatic heterocycles. The molecule has 8 nitrogen and oxygen atoms in total. The third kappa shape index (κ3) is 4.79. The molecule has 0 atom stereocenters. The van der Waals surface area contributed by atoms with Gasteiger partial charge in [-0.05, 0) is 88.6 Å². The lowest BCUT2D eigenvalue weighted by atomic mass is 10.2. The van der Waals surface area contributed by atoms with Gasteiger partial charge in [0.15, 0.2) is 5.82 Å². The average molecular weight is 478 g/mol. The van der Waals surface area contributed by atoms with Crippen LogP contribution >= 0.6 is 0 Å². The van der Waals surface area contributed by atoms with Crippen LogP contribution in [0.25, 0.3) is 5.82 Å². The summed E-state index contributed by atoms with van der Waals surface area (Å²) in [7, 11) is -3.71. The van der Waals surface area contributed by atoms with Gasteiger partial charge in [0.25, 0.3) is 10.0 Å².